The average molecular weight is 401 g/mol. The molecule has 0 radical (unpaired) electrons. The highest BCUT2D eigenvalue weighted by atomic mass is 35.5. The third kappa shape index (κ3) is 5.55. The molecule has 2 aromatic rings. The number of carbonyl (C=O) groups excluding carboxylic acids is 1. The van der Waals surface area contributed by atoms with E-state index in [0.717, 1.165) is 55.1 Å². The van der Waals surface area contributed by atoms with Crippen molar-refractivity contribution >= 4 is 23.1 Å². The van der Waals surface area contributed by atoms with Crippen molar-refractivity contribution in [1.82, 2.24) is 4.98 Å². The van der Waals surface area contributed by atoms with E-state index < -0.39 is 0 Å². The number of pyridine rings is 1. The second-order valence-corrected chi connectivity index (χ2v) is 8.93. The van der Waals surface area contributed by atoms with Crippen LogP contribution in [-0.4, -0.2) is 30.5 Å². The Morgan fingerprint density at radius 2 is 2.00 bits per heavy atom. The SMILES string of the molecule is CC(C)(C)C(=O)Cc1cc(-c2cccc(NCC3CCOCC3)c2)c(Cl)cn1. The fourth-order valence-corrected chi connectivity index (χ4v) is 3.45. The van der Waals surface area contributed by atoms with Crippen LogP contribution in [0.4, 0.5) is 5.69 Å². The first-order chi connectivity index (χ1) is 13.3. The summed E-state index contributed by atoms with van der Waals surface area (Å²) in [7, 11) is 0. The Hall–Kier alpha value is -1.91. The van der Waals surface area contributed by atoms with E-state index in [-0.39, 0.29) is 11.2 Å². The van der Waals surface area contributed by atoms with Gasteiger partial charge in [-0.05, 0) is 42.5 Å². The van der Waals surface area contributed by atoms with Crippen molar-refractivity contribution in [3.63, 3.8) is 0 Å². The van der Waals surface area contributed by atoms with Gasteiger partial charge in [-0.25, -0.2) is 0 Å². The number of nitrogens with zero attached hydrogens (tertiary/aromatic N) is 1. The fourth-order valence-electron chi connectivity index (χ4n) is 3.24. The van der Waals surface area contributed by atoms with Gasteiger partial charge in [0.15, 0.2) is 0 Å². The Bertz CT molecular complexity index is 824. The van der Waals surface area contributed by atoms with Crippen LogP contribution in [-0.2, 0) is 16.0 Å². The predicted molar refractivity (Wildman–Crippen MR) is 115 cm³/mol. The minimum atomic E-state index is -0.379. The van der Waals surface area contributed by atoms with Crippen LogP contribution < -0.4 is 5.32 Å². The number of aromatic nitrogens is 1. The highest BCUT2D eigenvalue weighted by Gasteiger charge is 2.22. The van der Waals surface area contributed by atoms with E-state index in [1.54, 1.807) is 6.20 Å². The van der Waals surface area contributed by atoms with Crippen molar-refractivity contribution in [2.75, 3.05) is 25.1 Å². The zero-order valence-corrected chi connectivity index (χ0v) is 17.7. The largest absolute Gasteiger partial charge is 0.385 e. The molecule has 0 atom stereocenters. The summed E-state index contributed by atoms with van der Waals surface area (Å²) in [6.45, 7) is 8.45. The number of hydrogen-bond acceptors (Lipinski definition) is 4. The van der Waals surface area contributed by atoms with E-state index in [0.29, 0.717) is 17.4 Å². The molecule has 5 heteroatoms. The zero-order valence-electron chi connectivity index (χ0n) is 16.9. The second kappa shape index (κ2) is 9.06. The maximum Gasteiger partial charge on any atom is 0.144 e. The van der Waals surface area contributed by atoms with E-state index in [1.165, 1.54) is 0 Å². The van der Waals surface area contributed by atoms with E-state index in [2.05, 4.69) is 22.4 Å². The number of nitrogens with one attached hydrogen (secondary N) is 1. The first-order valence-corrected chi connectivity index (χ1v) is 10.3. The smallest absolute Gasteiger partial charge is 0.144 e. The monoisotopic (exact) mass is 400 g/mol. The highest BCUT2D eigenvalue weighted by molar-refractivity contribution is 6.33. The Labute approximate surface area is 172 Å². The van der Waals surface area contributed by atoms with Crippen LogP contribution in [0.2, 0.25) is 5.02 Å². The summed E-state index contributed by atoms with van der Waals surface area (Å²) in [5, 5.41) is 4.13. The standard InChI is InChI=1S/C23H29ClN2O2/c1-23(2,3)22(27)13-19-12-20(21(24)15-26-19)17-5-4-6-18(11-17)25-14-16-7-9-28-10-8-16/h4-6,11-12,15-16,25H,7-10,13-14H2,1-3H3. The number of benzene rings is 1. The van der Waals surface area contributed by atoms with Gasteiger partial charge in [0.2, 0.25) is 0 Å². The molecule has 1 aromatic carbocycles. The number of ether oxygens (including phenoxy) is 1. The quantitative estimate of drug-likeness (QED) is 0.705. The van der Waals surface area contributed by atoms with Crippen molar-refractivity contribution in [2.45, 2.75) is 40.0 Å². The third-order valence-corrected chi connectivity index (χ3v) is 5.50. The minimum Gasteiger partial charge on any atom is -0.385 e. The molecule has 1 saturated heterocycles. The highest BCUT2D eigenvalue weighted by Crippen LogP contribution is 2.30. The molecule has 150 valence electrons. The summed E-state index contributed by atoms with van der Waals surface area (Å²) in [5.74, 6) is 0.817. The molecule has 0 unspecified atom stereocenters. The van der Waals surface area contributed by atoms with Gasteiger partial charge < -0.3 is 10.1 Å². The van der Waals surface area contributed by atoms with Crippen LogP contribution >= 0.6 is 11.6 Å². The Kier molecular flexibility index (Phi) is 6.73. The Morgan fingerprint density at radius 3 is 2.71 bits per heavy atom. The number of rotatable bonds is 6. The second-order valence-electron chi connectivity index (χ2n) is 8.52. The third-order valence-electron chi connectivity index (χ3n) is 5.20. The summed E-state index contributed by atoms with van der Waals surface area (Å²) in [6, 6.07) is 10.2. The zero-order chi connectivity index (χ0) is 20.1. The van der Waals surface area contributed by atoms with Gasteiger partial charge in [0.05, 0.1) is 5.02 Å². The molecule has 1 N–H and O–H groups in total. The molecular weight excluding hydrogens is 372 g/mol. The van der Waals surface area contributed by atoms with Crippen molar-refractivity contribution in [3.05, 3.63) is 47.2 Å². The number of anilines is 1. The molecule has 2 heterocycles. The molecule has 0 aliphatic carbocycles. The van der Waals surface area contributed by atoms with Gasteiger partial charge in [-0.15, -0.1) is 0 Å². The lowest BCUT2D eigenvalue weighted by Crippen LogP contribution is -2.22. The molecule has 0 amide bonds. The summed E-state index contributed by atoms with van der Waals surface area (Å²) < 4.78 is 5.43. The number of Topliss-reactive ketones (excluding diaryl/α,β-unsaturated/α-hetero) is 1. The van der Waals surface area contributed by atoms with Crippen molar-refractivity contribution in [1.29, 1.82) is 0 Å². The van der Waals surface area contributed by atoms with Gasteiger partial charge in [0.1, 0.15) is 5.78 Å². The normalized spacial score (nSPS) is 15.4. The molecule has 0 bridgehead atoms. The van der Waals surface area contributed by atoms with E-state index >= 15 is 0 Å². The fraction of sp³-hybridized carbons (Fsp3) is 0.478. The van der Waals surface area contributed by atoms with E-state index in [1.807, 2.05) is 39.0 Å². The van der Waals surface area contributed by atoms with Gasteiger partial charge >= 0.3 is 0 Å². The van der Waals surface area contributed by atoms with Gasteiger partial charge in [-0.1, -0.05) is 44.5 Å². The van der Waals surface area contributed by atoms with Crippen LogP contribution in [0.5, 0.6) is 0 Å². The molecule has 0 spiro atoms. The van der Waals surface area contributed by atoms with Crippen LogP contribution in [0, 0.1) is 11.3 Å². The summed E-state index contributed by atoms with van der Waals surface area (Å²) >= 11 is 6.43. The molecule has 1 aliphatic rings. The average Bonchev–Trinajstić information content (AvgIpc) is 2.68. The molecule has 3 rings (SSSR count). The predicted octanol–water partition coefficient (Wildman–Crippen LogP) is 5.40. The lowest BCUT2D eigenvalue weighted by molar-refractivity contribution is -0.125. The van der Waals surface area contributed by atoms with Gasteiger partial charge in [0.25, 0.3) is 0 Å². The van der Waals surface area contributed by atoms with Gasteiger partial charge in [-0.2, -0.15) is 0 Å². The number of halogens is 1. The summed E-state index contributed by atoms with van der Waals surface area (Å²) in [4.78, 5) is 16.7. The lowest BCUT2D eigenvalue weighted by Gasteiger charge is -2.22. The van der Waals surface area contributed by atoms with Gasteiger partial charge in [-0.3, -0.25) is 9.78 Å². The van der Waals surface area contributed by atoms with Crippen LogP contribution in [0.3, 0.4) is 0 Å². The maximum absolute atomic E-state index is 12.4. The van der Waals surface area contributed by atoms with Crippen molar-refractivity contribution < 1.29 is 9.53 Å². The molecule has 28 heavy (non-hydrogen) atoms. The molecule has 1 aromatic heterocycles. The summed E-state index contributed by atoms with van der Waals surface area (Å²) in [5.41, 5.74) is 3.37. The van der Waals surface area contributed by atoms with Crippen molar-refractivity contribution in [3.8, 4) is 11.1 Å². The first-order valence-electron chi connectivity index (χ1n) is 9.93. The first kappa shape index (κ1) is 20.8. The molecule has 4 nitrogen and oxygen atoms in total. The number of ketones is 1. The van der Waals surface area contributed by atoms with Crippen LogP contribution in [0.1, 0.15) is 39.3 Å². The van der Waals surface area contributed by atoms with E-state index in [9.17, 15) is 4.79 Å². The number of hydrogen-bond donors (Lipinski definition) is 1. The topological polar surface area (TPSA) is 51.2 Å². The minimum absolute atomic E-state index is 0.167. The van der Waals surface area contributed by atoms with E-state index in [4.69, 9.17) is 16.3 Å². The molecular formula is C23H29ClN2O2. The molecule has 1 fully saturated rings. The Morgan fingerprint density at radius 1 is 1.25 bits per heavy atom. The van der Waals surface area contributed by atoms with Crippen LogP contribution in [0.25, 0.3) is 11.1 Å². The number of carbonyl (C=O) groups is 1. The summed E-state index contributed by atoms with van der Waals surface area (Å²) in [6.07, 6.45) is 4.17. The van der Waals surface area contributed by atoms with Crippen molar-refractivity contribution in [2.24, 2.45) is 11.3 Å². The van der Waals surface area contributed by atoms with Gasteiger partial charge in [0, 0.05) is 54.7 Å². The van der Waals surface area contributed by atoms with Crippen LogP contribution in [0.15, 0.2) is 36.5 Å². The Balaban J connectivity index is 1.75. The molecule has 1 aliphatic heterocycles. The molecule has 0 saturated carbocycles. The maximum atomic E-state index is 12.4. The lowest BCUT2D eigenvalue weighted by atomic mass is 9.88.